The average molecular weight is 443 g/mol. The van der Waals surface area contributed by atoms with Crippen molar-refractivity contribution in [2.75, 3.05) is 24.6 Å². The number of aromatic amines is 1. The number of H-pyrrole nitrogens is 1. The number of ether oxygens (including phenoxy) is 1. The second-order valence-electron chi connectivity index (χ2n) is 8.32. The molecule has 1 saturated heterocycles. The van der Waals surface area contributed by atoms with E-state index in [4.69, 9.17) is 4.74 Å². The first-order valence-corrected chi connectivity index (χ1v) is 11.1. The summed E-state index contributed by atoms with van der Waals surface area (Å²) in [6.07, 6.45) is 7.34. The van der Waals surface area contributed by atoms with Crippen molar-refractivity contribution in [3.8, 4) is 11.1 Å². The number of pyridine rings is 1. The number of benzene rings is 1. The highest BCUT2D eigenvalue weighted by Crippen LogP contribution is 2.30. The van der Waals surface area contributed by atoms with Gasteiger partial charge in [-0.1, -0.05) is 30.3 Å². The number of rotatable bonds is 5. The summed E-state index contributed by atoms with van der Waals surface area (Å²) in [5, 5.41) is 3.94. The van der Waals surface area contributed by atoms with Gasteiger partial charge in [0, 0.05) is 48.2 Å². The number of nitrogens with one attached hydrogen (secondary N) is 2. The average Bonchev–Trinajstić information content (AvgIpc) is 3.28. The first-order chi connectivity index (χ1) is 16.1. The van der Waals surface area contributed by atoms with Crippen LogP contribution in [0, 0.1) is 0 Å². The lowest BCUT2D eigenvalue weighted by atomic mass is 10.1. The summed E-state index contributed by atoms with van der Waals surface area (Å²) in [5.41, 5.74) is 4.66. The molecule has 0 saturated carbocycles. The molecule has 5 rings (SSSR count). The molecule has 33 heavy (non-hydrogen) atoms. The van der Waals surface area contributed by atoms with Gasteiger partial charge >= 0.3 is 0 Å². The maximum Gasteiger partial charge on any atom is 0.289 e. The normalized spacial score (nSPS) is 17.2. The number of fused-ring (bicyclic) bond motifs is 1. The zero-order chi connectivity index (χ0) is 22.8. The van der Waals surface area contributed by atoms with E-state index in [-0.39, 0.29) is 23.9 Å². The number of carbonyl (C=O) groups excluding carboxylic acids is 1. The number of carbonyl (C=O) groups is 1. The van der Waals surface area contributed by atoms with E-state index in [1.54, 1.807) is 12.4 Å². The van der Waals surface area contributed by atoms with Crippen molar-refractivity contribution in [2.24, 2.45) is 0 Å². The standard InChI is InChI=1S/C25H26N6O2/c1-16-15-31(8-9-33-16)20-10-21-22(14-29-23(21)28-13-20)19-11-26-24(27-12-19)25(32)30-17(2)18-6-4-3-5-7-18/h3-7,10-14,16-17H,8-9,15H2,1-2H3,(H,28,29)(H,30,32)/t16-,17?/m0/s1. The molecule has 4 heterocycles. The third kappa shape index (κ3) is 4.42. The van der Waals surface area contributed by atoms with Crippen LogP contribution < -0.4 is 10.2 Å². The second kappa shape index (κ2) is 8.99. The quantitative estimate of drug-likeness (QED) is 0.489. The van der Waals surface area contributed by atoms with Crippen molar-refractivity contribution in [2.45, 2.75) is 26.0 Å². The molecule has 0 spiro atoms. The maximum absolute atomic E-state index is 12.6. The molecule has 168 valence electrons. The van der Waals surface area contributed by atoms with Crippen LogP contribution in [-0.4, -0.2) is 51.6 Å². The minimum absolute atomic E-state index is 0.136. The molecule has 3 aromatic heterocycles. The first-order valence-electron chi connectivity index (χ1n) is 11.1. The Morgan fingerprint density at radius 1 is 1.18 bits per heavy atom. The largest absolute Gasteiger partial charge is 0.375 e. The number of amides is 1. The molecule has 4 aromatic rings. The summed E-state index contributed by atoms with van der Waals surface area (Å²) in [6.45, 7) is 6.40. The van der Waals surface area contributed by atoms with Gasteiger partial charge in [-0.3, -0.25) is 4.79 Å². The van der Waals surface area contributed by atoms with Crippen LogP contribution in [0.2, 0.25) is 0 Å². The number of hydrogen-bond donors (Lipinski definition) is 2. The van der Waals surface area contributed by atoms with E-state index in [1.165, 1.54) is 0 Å². The molecule has 2 N–H and O–H groups in total. The van der Waals surface area contributed by atoms with Gasteiger partial charge in [0.1, 0.15) is 5.65 Å². The number of aromatic nitrogens is 4. The minimum atomic E-state index is -0.304. The Bertz CT molecular complexity index is 1260. The summed E-state index contributed by atoms with van der Waals surface area (Å²) >= 11 is 0. The molecular formula is C25H26N6O2. The summed E-state index contributed by atoms with van der Waals surface area (Å²) in [5.74, 6) is -0.162. The van der Waals surface area contributed by atoms with Gasteiger partial charge in [0.15, 0.2) is 0 Å². The summed E-state index contributed by atoms with van der Waals surface area (Å²) in [7, 11) is 0. The number of hydrogen-bond acceptors (Lipinski definition) is 6. The molecule has 0 bridgehead atoms. The predicted molar refractivity (Wildman–Crippen MR) is 127 cm³/mol. The van der Waals surface area contributed by atoms with Gasteiger partial charge in [0.25, 0.3) is 5.91 Å². The van der Waals surface area contributed by atoms with E-state index in [1.807, 2.05) is 49.6 Å². The van der Waals surface area contributed by atoms with Crippen LogP contribution in [0.4, 0.5) is 5.69 Å². The fourth-order valence-corrected chi connectivity index (χ4v) is 4.13. The lowest BCUT2D eigenvalue weighted by Crippen LogP contribution is -2.41. The maximum atomic E-state index is 12.6. The Morgan fingerprint density at radius 2 is 1.97 bits per heavy atom. The Kier molecular flexibility index (Phi) is 5.75. The molecule has 1 amide bonds. The van der Waals surface area contributed by atoms with Crippen molar-refractivity contribution in [3.63, 3.8) is 0 Å². The molecule has 1 aromatic carbocycles. The van der Waals surface area contributed by atoms with E-state index < -0.39 is 0 Å². The lowest BCUT2D eigenvalue weighted by Gasteiger charge is -2.32. The van der Waals surface area contributed by atoms with Gasteiger partial charge in [-0.05, 0) is 25.5 Å². The molecule has 0 radical (unpaired) electrons. The van der Waals surface area contributed by atoms with Crippen LogP contribution in [0.25, 0.3) is 22.2 Å². The molecule has 1 unspecified atom stereocenters. The molecule has 8 nitrogen and oxygen atoms in total. The summed E-state index contributed by atoms with van der Waals surface area (Å²) in [4.78, 5) is 31.4. The minimum Gasteiger partial charge on any atom is -0.375 e. The number of anilines is 1. The van der Waals surface area contributed by atoms with Gasteiger partial charge in [-0.15, -0.1) is 0 Å². The molecule has 8 heteroatoms. The van der Waals surface area contributed by atoms with Crippen LogP contribution in [0.1, 0.15) is 36.1 Å². The van der Waals surface area contributed by atoms with E-state index >= 15 is 0 Å². The van der Waals surface area contributed by atoms with E-state index in [0.717, 1.165) is 46.5 Å². The van der Waals surface area contributed by atoms with E-state index in [2.05, 4.69) is 43.1 Å². The van der Waals surface area contributed by atoms with Gasteiger partial charge in [0.2, 0.25) is 5.82 Å². The molecular weight excluding hydrogens is 416 g/mol. The lowest BCUT2D eigenvalue weighted by molar-refractivity contribution is 0.0532. The summed E-state index contributed by atoms with van der Waals surface area (Å²) in [6, 6.07) is 11.8. The number of morpholine rings is 1. The van der Waals surface area contributed by atoms with Gasteiger partial charge in [-0.2, -0.15) is 0 Å². The van der Waals surface area contributed by atoms with Crippen LogP contribution in [0.5, 0.6) is 0 Å². The van der Waals surface area contributed by atoms with Crippen molar-refractivity contribution in [1.82, 2.24) is 25.3 Å². The van der Waals surface area contributed by atoms with Gasteiger partial charge < -0.3 is 19.9 Å². The zero-order valence-corrected chi connectivity index (χ0v) is 18.7. The molecule has 0 aliphatic carbocycles. The van der Waals surface area contributed by atoms with Gasteiger partial charge in [0.05, 0.1) is 30.6 Å². The second-order valence-corrected chi connectivity index (χ2v) is 8.32. The predicted octanol–water partition coefficient (Wildman–Crippen LogP) is 3.74. The third-order valence-electron chi connectivity index (χ3n) is 5.94. The first kappa shape index (κ1) is 21.1. The third-order valence-corrected chi connectivity index (χ3v) is 5.94. The Balaban J connectivity index is 1.36. The highest BCUT2D eigenvalue weighted by atomic mass is 16.5. The van der Waals surface area contributed by atoms with Gasteiger partial charge in [-0.25, -0.2) is 15.0 Å². The topological polar surface area (TPSA) is 96.0 Å². The van der Waals surface area contributed by atoms with Crippen LogP contribution in [-0.2, 0) is 4.74 Å². The van der Waals surface area contributed by atoms with Crippen LogP contribution in [0.3, 0.4) is 0 Å². The SMILES string of the molecule is CC(NC(=O)c1ncc(-c2c[nH]c3ncc(N4CCO[C@@H](C)C4)cc23)cn1)c1ccccc1. The fraction of sp³-hybridized carbons (Fsp3) is 0.280. The Labute approximate surface area is 192 Å². The van der Waals surface area contributed by atoms with Crippen LogP contribution in [0.15, 0.2) is 61.2 Å². The van der Waals surface area contributed by atoms with Crippen molar-refractivity contribution in [1.29, 1.82) is 0 Å². The Hall–Kier alpha value is -3.78. The highest BCUT2D eigenvalue weighted by molar-refractivity contribution is 5.95. The van der Waals surface area contributed by atoms with Crippen LogP contribution >= 0.6 is 0 Å². The summed E-state index contributed by atoms with van der Waals surface area (Å²) < 4.78 is 5.66. The number of nitrogens with zero attached hydrogens (tertiary/aromatic N) is 4. The zero-order valence-electron chi connectivity index (χ0n) is 18.7. The monoisotopic (exact) mass is 442 g/mol. The van der Waals surface area contributed by atoms with Crippen molar-refractivity contribution in [3.05, 3.63) is 72.6 Å². The Morgan fingerprint density at radius 3 is 2.73 bits per heavy atom. The fourth-order valence-electron chi connectivity index (χ4n) is 4.13. The molecule has 1 aliphatic rings. The van der Waals surface area contributed by atoms with Crippen molar-refractivity contribution >= 4 is 22.6 Å². The van der Waals surface area contributed by atoms with E-state index in [9.17, 15) is 4.79 Å². The van der Waals surface area contributed by atoms with E-state index in [0.29, 0.717) is 6.61 Å². The molecule has 1 aliphatic heterocycles. The molecule has 2 atom stereocenters. The smallest absolute Gasteiger partial charge is 0.289 e. The highest BCUT2D eigenvalue weighted by Gasteiger charge is 2.19. The molecule has 1 fully saturated rings. The van der Waals surface area contributed by atoms with Crippen molar-refractivity contribution < 1.29 is 9.53 Å².